The summed E-state index contributed by atoms with van der Waals surface area (Å²) >= 11 is 3.97. The van der Waals surface area contributed by atoms with Crippen molar-refractivity contribution >= 4 is 18.5 Å². The summed E-state index contributed by atoms with van der Waals surface area (Å²) in [7, 11) is 1.87. The Hall–Kier alpha value is -0.180. The van der Waals surface area contributed by atoms with Gasteiger partial charge in [-0.15, -0.1) is 0 Å². The Balaban J connectivity index is 2.13. The van der Waals surface area contributed by atoms with E-state index in [0.717, 1.165) is 12.5 Å². The van der Waals surface area contributed by atoms with Gasteiger partial charge in [-0.25, -0.2) is 0 Å². The first-order chi connectivity index (χ1) is 6.24. The van der Waals surface area contributed by atoms with Gasteiger partial charge in [-0.2, -0.15) is 12.6 Å². The van der Waals surface area contributed by atoms with Crippen LogP contribution in [0.25, 0.3) is 0 Å². The zero-order valence-electron chi connectivity index (χ0n) is 8.33. The largest absolute Gasteiger partial charge is 0.345 e. The predicted molar refractivity (Wildman–Crippen MR) is 58.1 cm³/mol. The molecule has 0 N–H and O–H groups in total. The number of hydrogen-bond acceptors (Lipinski definition) is 2. The zero-order chi connectivity index (χ0) is 9.68. The van der Waals surface area contributed by atoms with Crippen LogP contribution in [0.15, 0.2) is 0 Å². The number of thiol groups is 1. The lowest BCUT2D eigenvalue weighted by Gasteiger charge is -2.18. The number of rotatable bonds is 4. The highest BCUT2D eigenvalue weighted by Crippen LogP contribution is 2.27. The molecule has 0 saturated heterocycles. The second kappa shape index (κ2) is 5.53. The fourth-order valence-electron chi connectivity index (χ4n) is 1.92. The van der Waals surface area contributed by atoms with Crippen LogP contribution in [0.5, 0.6) is 0 Å². The average molecular weight is 201 g/mol. The maximum atomic E-state index is 11.2. The van der Waals surface area contributed by atoms with E-state index in [0.29, 0.717) is 5.75 Å². The van der Waals surface area contributed by atoms with Gasteiger partial charge in [0.05, 0.1) is 5.75 Å². The first-order valence-electron chi connectivity index (χ1n) is 5.09. The maximum absolute atomic E-state index is 11.2. The zero-order valence-corrected chi connectivity index (χ0v) is 9.22. The van der Waals surface area contributed by atoms with E-state index in [1.807, 2.05) is 7.05 Å². The predicted octanol–water partition coefficient (Wildman–Crippen LogP) is 1.95. The number of carbonyl (C=O) groups is 1. The molecule has 1 saturated carbocycles. The third kappa shape index (κ3) is 3.59. The molecule has 13 heavy (non-hydrogen) atoms. The minimum Gasteiger partial charge on any atom is -0.345 e. The fraction of sp³-hybridized carbons (Fsp3) is 0.900. The monoisotopic (exact) mass is 201 g/mol. The summed E-state index contributed by atoms with van der Waals surface area (Å²) in [6.07, 6.45) is 6.67. The van der Waals surface area contributed by atoms with Gasteiger partial charge < -0.3 is 4.90 Å². The highest BCUT2D eigenvalue weighted by molar-refractivity contribution is 7.81. The molecule has 0 aliphatic heterocycles. The molecule has 1 rings (SSSR count). The van der Waals surface area contributed by atoms with Crippen LogP contribution in [0.4, 0.5) is 0 Å². The lowest BCUT2D eigenvalue weighted by atomic mass is 10.0. The molecule has 0 aromatic rings. The Morgan fingerprint density at radius 3 is 2.62 bits per heavy atom. The van der Waals surface area contributed by atoms with E-state index in [-0.39, 0.29) is 5.91 Å². The van der Waals surface area contributed by atoms with Crippen molar-refractivity contribution in [1.29, 1.82) is 0 Å². The summed E-state index contributed by atoms with van der Waals surface area (Å²) < 4.78 is 0. The van der Waals surface area contributed by atoms with Crippen LogP contribution in [0.2, 0.25) is 0 Å². The normalized spacial score (nSPS) is 17.7. The first-order valence-corrected chi connectivity index (χ1v) is 5.72. The third-order valence-corrected chi connectivity index (χ3v) is 3.18. The van der Waals surface area contributed by atoms with Gasteiger partial charge in [0, 0.05) is 13.6 Å². The molecule has 0 aromatic carbocycles. The van der Waals surface area contributed by atoms with Crippen LogP contribution in [-0.2, 0) is 4.79 Å². The van der Waals surface area contributed by atoms with Crippen LogP contribution in [0.1, 0.15) is 32.1 Å². The van der Waals surface area contributed by atoms with E-state index in [1.54, 1.807) is 4.90 Å². The molecule has 0 aromatic heterocycles. The third-order valence-electron chi connectivity index (χ3n) is 2.91. The van der Waals surface area contributed by atoms with Crippen molar-refractivity contribution in [3.05, 3.63) is 0 Å². The standard InChI is InChI=1S/C10H19NOS/c1-11(10(12)8-13)7-6-9-4-2-3-5-9/h9,13H,2-8H2,1H3. The molecule has 1 aliphatic carbocycles. The van der Waals surface area contributed by atoms with E-state index >= 15 is 0 Å². The molecule has 76 valence electrons. The van der Waals surface area contributed by atoms with E-state index in [1.165, 1.54) is 32.1 Å². The number of carbonyl (C=O) groups excluding carboxylic acids is 1. The van der Waals surface area contributed by atoms with Gasteiger partial charge in [0.15, 0.2) is 0 Å². The highest BCUT2D eigenvalue weighted by Gasteiger charge is 2.16. The molecule has 2 nitrogen and oxygen atoms in total. The number of amides is 1. The molecule has 1 aliphatic rings. The van der Waals surface area contributed by atoms with Crippen LogP contribution in [0.3, 0.4) is 0 Å². The van der Waals surface area contributed by atoms with Gasteiger partial charge in [0.25, 0.3) is 0 Å². The van der Waals surface area contributed by atoms with Crippen LogP contribution in [0, 0.1) is 5.92 Å². The summed E-state index contributed by atoms with van der Waals surface area (Å²) in [4.78, 5) is 13.0. The average Bonchev–Trinajstić information content (AvgIpc) is 2.65. The van der Waals surface area contributed by atoms with E-state index in [9.17, 15) is 4.79 Å². The summed E-state index contributed by atoms with van der Waals surface area (Å²) in [5.74, 6) is 1.35. The van der Waals surface area contributed by atoms with Crippen molar-refractivity contribution in [2.75, 3.05) is 19.3 Å². The molecule has 0 bridgehead atoms. The fourth-order valence-corrected chi connectivity index (χ4v) is 2.16. The van der Waals surface area contributed by atoms with Crippen LogP contribution >= 0.6 is 12.6 Å². The highest BCUT2D eigenvalue weighted by atomic mass is 32.1. The van der Waals surface area contributed by atoms with Gasteiger partial charge >= 0.3 is 0 Å². The molecule has 0 unspecified atom stereocenters. The van der Waals surface area contributed by atoms with E-state index in [4.69, 9.17) is 0 Å². The number of hydrogen-bond donors (Lipinski definition) is 1. The minimum atomic E-state index is 0.140. The Kier molecular flexibility index (Phi) is 4.64. The minimum absolute atomic E-state index is 0.140. The molecular formula is C10H19NOS. The van der Waals surface area contributed by atoms with Gasteiger partial charge in [0.2, 0.25) is 5.91 Å². The smallest absolute Gasteiger partial charge is 0.232 e. The summed E-state index contributed by atoms with van der Waals surface area (Å²) in [5.41, 5.74) is 0. The Morgan fingerprint density at radius 1 is 1.46 bits per heavy atom. The molecule has 0 atom stereocenters. The molecule has 1 amide bonds. The van der Waals surface area contributed by atoms with Gasteiger partial charge in [-0.05, 0) is 12.3 Å². The lowest BCUT2D eigenvalue weighted by molar-refractivity contribution is -0.127. The van der Waals surface area contributed by atoms with E-state index < -0.39 is 0 Å². The van der Waals surface area contributed by atoms with Crippen molar-refractivity contribution in [2.24, 2.45) is 5.92 Å². The molecular weight excluding hydrogens is 182 g/mol. The Morgan fingerprint density at radius 2 is 2.08 bits per heavy atom. The summed E-state index contributed by atoms with van der Waals surface area (Å²) in [6, 6.07) is 0. The van der Waals surface area contributed by atoms with Crippen LogP contribution < -0.4 is 0 Å². The van der Waals surface area contributed by atoms with Crippen molar-refractivity contribution in [3.8, 4) is 0 Å². The number of nitrogens with zero attached hydrogens (tertiary/aromatic N) is 1. The Bertz CT molecular complexity index is 166. The lowest BCUT2D eigenvalue weighted by Crippen LogP contribution is -2.29. The van der Waals surface area contributed by atoms with E-state index in [2.05, 4.69) is 12.6 Å². The Labute approximate surface area is 86.1 Å². The maximum Gasteiger partial charge on any atom is 0.232 e. The van der Waals surface area contributed by atoms with Crippen molar-refractivity contribution in [2.45, 2.75) is 32.1 Å². The van der Waals surface area contributed by atoms with Crippen molar-refractivity contribution < 1.29 is 4.79 Å². The molecule has 3 heteroatoms. The molecule has 0 heterocycles. The van der Waals surface area contributed by atoms with Gasteiger partial charge in [-0.1, -0.05) is 25.7 Å². The summed E-state index contributed by atoms with van der Waals surface area (Å²) in [5, 5.41) is 0. The van der Waals surface area contributed by atoms with Gasteiger partial charge in [0.1, 0.15) is 0 Å². The molecule has 0 radical (unpaired) electrons. The van der Waals surface area contributed by atoms with Crippen LogP contribution in [-0.4, -0.2) is 30.2 Å². The summed E-state index contributed by atoms with van der Waals surface area (Å²) in [6.45, 7) is 0.907. The van der Waals surface area contributed by atoms with Crippen molar-refractivity contribution in [1.82, 2.24) is 4.90 Å². The SMILES string of the molecule is CN(CCC1CCCC1)C(=O)CS. The molecule has 0 spiro atoms. The quantitative estimate of drug-likeness (QED) is 0.689. The second-order valence-corrected chi connectivity index (χ2v) is 4.23. The van der Waals surface area contributed by atoms with Gasteiger partial charge in [-0.3, -0.25) is 4.79 Å². The second-order valence-electron chi connectivity index (χ2n) is 3.91. The first kappa shape index (κ1) is 10.9. The molecule has 1 fully saturated rings. The topological polar surface area (TPSA) is 20.3 Å². The van der Waals surface area contributed by atoms with Crippen molar-refractivity contribution in [3.63, 3.8) is 0 Å².